The van der Waals surface area contributed by atoms with Gasteiger partial charge in [-0.3, -0.25) is 5.32 Å². The van der Waals surface area contributed by atoms with Gasteiger partial charge in [0, 0.05) is 10.7 Å². The maximum atomic E-state index is 13.9. The third kappa shape index (κ3) is 2.98. The van der Waals surface area contributed by atoms with E-state index in [1.165, 1.54) is 24.0 Å². The number of carbonyl (C=O) groups excluding carboxylic acids is 1. The summed E-state index contributed by atoms with van der Waals surface area (Å²) in [7, 11) is 0. The molecule has 0 saturated heterocycles. The first-order chi connectivity index (χ1) is 11.1. The molecule has 1 N–H and O–H groups in total. The van der Waals surface area contributed by atoms with Crippen LogP contribution in [0, 0.1) is 5.82 Å². The van der Waals surface area contributed by atoms with Gasteiger partial charge in [0.05, 0.1) is 11.1 Å². The molecule has 0 aliphatic rings. The number of hydrogen-bond acceptors (Lipinski definition) is 4. The maximum absolute atomic E-state index is 13.9. The number of thioether (sulfide) groups is 1. The zero-order valence-corrected chi connectivity index (χ0v) is 12.7. The smallest absolute Gasteiger partial charge is 0.304 e. The van der Waals surface area contributed by atoms with Gasteiger partial charge in [0.2, 0.25) is 0 Å². The summed E-state index contributed by atoms with van der Waals surface area (Å²) in [6.45, 7) is 0. The standard InChI is InChI=1S/C15H11F2N3O2S/c1-23-14-10(3-2-4-11(14)16)9-5-6-13-18-12(8-20(13)7-9)19-15(21)22-17/h2-8H,1H3,(H,19,21). The van der Waals surface area contributed by atoms with Crippen molar-refractivity contribution in [2.75, 3.05) is 11.6 Å². The van der Waals surface area contributed by atoms with Crippen molar-refractivity contribution in [1.82, 2.24) is 9.38 Å². The van der Waals surface area contributed by atoms with Gasteiger partial charge in [0.25, 0.3) is 0 Å². The van der Waals surface area contributed by atoms with E-state index in [9.17, 15) is 13.7 Å². The number of nitrogens with zero attached hydrogens (tertiary/aromatic N) is 2. The molecule has 8 heteroatoms. The molecule has 0 bridgehead atoms. The first-order valence-electron chi connectivity index (χ1n) is 6.53. The molecule has 0 unspecified atom stereocenters. The van der Waals surface area contributed by atoms with Gasteiger partial charge in [-0.2, -0.15) is 0 Å². The molecule has 0 fully saturated rings. The third-order valence-electron chi connectivity index (χ3n) is 3.23. The molecule has 23 heavy (non-hydrogen) atoms. The lowest BCUT2D eigenvalue weighted by Crippen LogP contribution is -2.09. The minimum absolute atomic E-state index is 0.147. The Morgan fingerprint density at radius 2 is 2.13 bits per heavy atom. The van der Waals surface area contributed by atoms with Crippen LogP contribution in [0.3, 0.4) is 0 Å². The fourth-order valence-corrected chi connectivity index (χ4v) is 2.95. The number of halogens is 2. The van der Waals surface area contributed by atoms with Crippen LogP contribution in [-0.4, -0.2) is 21.7 Å². The summed E-state index contributed by atoms with van der Waals surface area (Å²) in [5, 5.41) is 2.14. The number of hydrogen-bond donors (Lipinski definition) is 1. The number of anilines is 1. The molecule has 5 nitrogen and oxygen atoms in total. The molecular formula is C15H11F2N3O2S. The summed E-state index contributed by atoms with van der Waals surface area (Å²) in [5.74, 6) is -0.136. The molecule has 2 heterocycles. The number of imidazole rings is 1. The number of carbonyl (C=O) groups is 1. The second kappa shape index (κ2) is 6.25. The van der Waals surface area contributed by atoms with E-state index in [-0.39, 0.29) is 11.6 Å². The fourth-order valence-electron chi connectivity index (χ4n) is 2.28. The lowest BCUT2D eigenvalue weighted by molar-refractivity contribution is -0.0544. The number of amides is 1. The van der Waals surface area contributed by atoms with E-state index in [1.807, 2.05) is 12.3 Å². The Bertz CT molecular complexity index is 882. The van der Waals surface area contributed by atoms with Crippen LogP contribution in [0.15, 0.2) is 47.6 Å². The quantitative estimate of drug-likeness (QED) is 0.725. The monoisotopic (exact) mass is 335 g/mol. The van der Waals surface area contributed by atoms with Gasteiger partial charge in [-0.1, -0.05) is 12.1 Å². The van der Waals surface area contributed by atoms with Crippen molar-refractivity contribution in [2.24, 2.45) is 0 Å². The predicted molar refractivity (Wildman–Crippen MR) is 83.6 cm³/mol. The number of aromatic nitrogens is 2. The Hall–Kier alpha value is -2.61. The van der Waals surface area contributed by atoms with Crippen LogP contribution in [0.5, 0.6) is 0 Å². The topological polar surface area (TPSA) is 55.6 Å². The molecular weight excluding hydrogens is 324 g/mol. The summed E-state index contributed by atoms with van der Waals surface area (Å²) >= 11 is 1.32. The van der Waals surface area contributed by atoms with E-state index < -0.39 is 6.09 Å². The predicted octanol–water partition coefficient (Wildman–Crippen LogP) is 4.30. The van der Waals surface area contributed by atoms with Crippen LogP contribution in [0.2, 0.25) is 0 Å². The molecule has 0 aliphatic carbocycles. The van der Waals surface area contributed by atoms with Gasteiger partial charge in [0.1, 0.15) is 11.5 Å². The van der Waals surface area contributed by atoms with Crippen molar-refractivity contribution < 1.29 is 18.7 Å². The van der Waals surface area contributed by atoms with Crippen LogP contribution >= 0.6 is 11.8 Å². The molecule has 3 rings (SSSR count). The second-order valence-electron chi connectivity index (χ2n) is 4.62. The van der Waals surface area contributed by atoms with Gasteiger partial charge < -0.3 is 4.40 Å². The molecule has 2 aromatic heterocycles. The molecule has 0 radical (unpaired) electrons. The van der Waals surface area contributed by atoms with Crippen molar-refractivity contribution in [3.8, 4) is 11.1 Å². The van der Waals surface area contributed by atoms with Gasteiger partial charge in [-0.25, -0.2) is 19.1 Å². The number of rotatable bonds is 3. The van der Waals surface area contributed by atoms with Crippen LogP contribution in [0.1, 0.15) is 0 Å². The van der Waals surface area contributed by atoms with E-state index in [4.69, 9.17) is 0 Å². The highest BCUT2D eigenvalue weighted by Gasteiger charge is 2.12. The summed E-state index contributed by atoms with van der Waals surface area (Å²) in [4.78, 5) is 18.6. The van der Waals surface area contributed by atoms with Crippen molar-refractivity contribution >= 4 is 29.3 Å². The highest BCUT2D eigenvalue weighted by Crippen LogP contribution is 2.32. The molecule has 1 amide bonds. The number of nitrogens with one attached hydrogen (secondary N) is 1. The van der Waals surface area contributed by atoms with E-state index in [0.717, 1.165) is 11.1 Å². The average molecular weight is 335 g/mol. The van der Waals surface area contributed by atoms with E-state index in [1.54, 1.807) is 28.8 Å². The van der Waals surface area contributed by atoms with Gasteiger partial charge in [-0.15, -0.1) is 11.8 Å². The van der Waals surface area contributed by atoms with Gasteiger partial charge >= 0.3 is 6.09 Å². The first-order valence-corrected chi connectivity index (χ1v) is 7.76. The Morgan fingerprint density at radius 1 is 1.30 bits per heavy atom. The summed E-state index contributed by atoms with van der Waals surface area (Å²) < 4.78 is 27.3. The SMILES string of the molecule is CSc1c(F)cccc1-c1ccc2nc(NC(=O)OF)cn2c1. The van der Waals surface area contributed by atoms with Crippen LogP contribution in [0.25, 0.3) is 16.8 Å². The minimum Gasteiger partial charge on any atom is -0.304 e. The summed E-state index contributed by atoms with van der Waals surface area (Å²) in [6.07, 6.45) is 3.82. The zero-order chi connectivity index (χ0) is 16.4. The molecule has 3 aromatic rings. The number of fused-ring (bicyclic) bond motifs is 1. The fraction of sp³-hybridized carbons (Fsp3) is 0.0667. The lowest BCUT2D eigenvalue weighted by Gasteiger charge is -2.08. The largest absolute Gasteiger partial charge is 0.450 e. The second-order valence-corrected chi connectivity index (χ2v) is 5.44. The number of benzene rings is 1. The van der Waals surface area contributed by atoms with Crippen LogP contribution in [0.4, 0.5) is 19.5 Å². The lowest BCUT2D eigenvalue weighted by atomic mass is 10.1. The molecule has 0 spiro atoms. The zero-order valence-electron chi connectivity index (χ0n) is 11.9. The number of pyridine rings is 1. The van der Waals surface area contributed by atoms with Crippen molar-refractivity contribution in [3.63, 3.8) is 0 Å². The Labute approximate surface area is 134 Å². The molecule has 118 valence electrons. The van der Waals surface area contributed by atoms with E-state index in [0.29, 0.717) is 10.5 Å². The highest BCUT2D eigenvalue weighted by molar-refractivity contribution is 7.98. The Balaban J connectivity index is 2.03. The molecule has 0 aliphatic heterocycles. The summed E-state index contributed by atoms with van der Waals surface area (Å²) in [5.41, 5.74) is 2.09. The van der Waals surface area contributed by atoms with Crippen molar-refractivity contribution in [2.45, 2.75) is 4.90 Å². The van der Waals surface area contributed by atoms with Crippen LogP contribution < -0.4 is 5.32 Å². The third-order valence-corrected chi connectivity index (χ3v) is 4.06. The molecule has 1 aromatic carbocycles. The Morgan fingerprint density at radius 3 is 2.87 bits per heavy atom. The molecule has 0 saturated carbocycles. The Kier molecular flexibility index (Phi) is 4.16. The normalized spacial score (nSPS) is 10.7. The van der Waals surface area contributed by atoms with E-state index >= 15 is 0 Å². The minimum atomic E-state index is -1.25. The first kappa shape index (κ1) is 15.3. The van der Waals surface area contributed by atoms with E-state index in [2.05, 4.69) is 15.2 Å². The molecule has 0 atom stereocenters. The van der Waals surface area contributed by atoms with Crippen LogP contribution in [-0.2, 0) is 4.94 Å². The average Bonchev–Trinajstić information content (AvgIpc) is 2.95. The van der Waals surface area contributed by atoms with Gasteiger partial charge in [0.15, 0.2) is 5.82 Å². The van der Waals surface area contributed by atoms with Crippen molar-refractivity contribution in [3.05, 3.63) is 48.5 Å². The highest BCUT2D eigenvalue weighted by atomic mass is 32.2. The maximum Gasteiger partial charge on any atom is 0.450 e. The summed E-state index contributed by atoms with van der Waals surface area (Å²) in [6, 6.07) is 8.40. The van der Waals surface area contributed by atoms with Gasteiger partial charge in [-0.05, 0) is 35.6 Å². The van der Waals surface area contributed by atoms with Crippen molar-refractivity contribution in [1.29, 1.82) is 0 Å².